The summed E-state index contributed by atoms with van der Waals surface area (Å²) < 4.78 is 0. The highest BCUT2D eigenvalue weighted by atomic mass is 15.1. The molecular formula is C47H37N. The normalized spacial score (nSPS) is 10.6. The molecule has 0 fully saturated rings. The standard InChI is InChI=1S/C47H37N/c1-36-16-14-15-25-47(36)48(43-30-26-37(27-31-43)34-45(39-17-6-2-7-18-39)40-19-8-3-9-20-40)44-32-28-38(29-33-44)35-46(41-21-10-4-11-22-41)42-23-12-5-13-24-42/h2-35H,1H3. The zero-order valence-corrected chi connectivity index (χ0v) is 27.1. The molecule has 1 heteroatoms. The van der Waals surface area contributed by atoms with Crippen molar-refractivity contribution in [3.8, 4) is 0 Å². The van der Waals surface area contributed by atoms with Crippen molar-refractivity contribution in [1.29, 1.82) is 0 Å². The third-order valence-corrected chi connectivity index (χ3v) is 8.62. The first-order valence-corrected chi connectivity index (χ1v) is 16.4. The molecule has 0 bridgehead atoms. The lowest BCUT2D eigenvalue weighted by molar-refractivity contribution is 1.25. The molecule has 0 heterocycles. The van der Waals surface area contributed by atoms with Gasteiger partial charge in [0.15, 0.2) is 0 Å². The summed E-state index contributed by atoms with van der Waals surface area (Å²) >= 11 is 0. The minimum absolute atomic E-state index is 1.11. The van der Waals surface area contributed by atoms with Crippen molar-refractivity contribution >= 4 is 40.4 Å². The van der Waals surface area contributed by atoms with Crippen LogP contribution in [-0.2, 0) is 0 Å². The summed E-state index contributed by atoms with van der Waals surface area (Å²) in [4.78, 5) is 2.35. The maximum absolute atomic E-state index is 2.35. The first kappa shape index (κ1) is 30.5. The van der Waals surface area contributed by atoms with Gasteiger partial charge in [0.25, 0.3) is 0 Å². The predicted octanol–water partition coefficient (Wildman–Crippen LogP) is 12.6. The number of hydrogen-bond donors (Lipinski definition) is 0. The van der Waals surface area contributed by atoms with Gasteiger partial charge in [0.1, 0.15) is 0 Å². The van der Waals surface area contributed by atoms with Crippen molar-refractivity contribution in [1.82, 2.24) is 0 Å². The van der Waals surface area contributed by atoms with Crippen LogP contribution in [0, 0.1) is 6.92 Å². The van der Waals surface area contributed by atoms with Crippen molar-refractivity contribution < 1.29 is 0 Å². The lowest BCUT2D eigenvalue weighted by Gasteiger charge is -2.27. The van der Waals surface area contributed by atoms with E-state index in [4.69, 9.17) is 0 Å². The second-order valence-corrected chi connectivity index (χ2v) is 11.9. The second-order valence-electron chi connectivity index (χ2n) is 11.9. The molecule has 7 aromatic carbocycles. The van der Waals surface area contributed by atoms with Crippen LogP contribution in [0.3, 0.4) is 0 Å². The molecule has 48 heavy (non-hydrogen) atoms. The fraction of sp³-hybridized carbons (Fsp3) is 0.0213. The summed E-state index contributed by atoms with van der Waals surface area (Å²) in [5.74, 6) is 0. The summed E-state index contributed by atoms with van der Waals surface area (Å²) in [6.07, 6.45) is 4.56. The molecule has 0 spiro atoms. The van der Waals surface area contributed by atoms with Crippen molar-refractivity contribution in [2.45, 2.75) is 6.92 Å². The number of anilines is 3. The van der Waals surface area contributed by atoms with Gasteiger partial charge in [0.05, 0.1) is 0 Å². The second kappa shape index (κ2) is 14.5. The van der Waals surface area contributed by atoms with Gasteiger partial charge in [-0.25, -0.2) is 0 Å². The van der Waals surface area contributed by atoms with E-state index in [-0.39, 0.29) is 0 Å². The zero-order valence-electron chi connectivity index (χ0n) is 27.1. The van der Waals surface area contributed by atoms with Crippen molar-refractivity contribution in [2.75, 3.05) is 4.90 Å². The van der Waals surface area contributed by atoms with E-state index >= 15 is 0 Å². The van der Waals surface area contributed by atoms with Crippen molar-refractivity contribution in [3.63, 3.8) is 0 Å². The maximum atomic E-state index is 2.35. The Morgan fingerprint density at radius 3 is 1.00 bits per heavy atom. The molecule has 0 radical (unpaired) electrons. The number of rotatable bonds is 9. The Kier molecular flexibility index (Phi) is 9.20. The molecule has 0 atom stereocenters. The van der Waals surface area contributed by atoms with E-state index in [0.29, 0.717) is 0 Å². The Morgan fingerprint density at radius 2 is 0.667 bits per heavy atom. The van der Waals surface area contributed by atoms with Gasteiger partial charge >= 0.3 is 0 Å². The number of para-hydroxylation sites is 1. The largest absolute Gasteiger partial charge is 0.310 e. The first-order valence-electron chi connectivity index (χ1n) is 16.4. The molecule has 0 saturated carbocycles. The molecule has 1 nitrogen and oxygen atoms in total. The maximum Gasteiger partial charge on any atom is 0.0490 e. The van der Waals surface area contributed by atoms with Gasteiger partial charge in [-0.3, -0.25) is 0 Å². The van der Waals surface area contributed by atoms with Crippen LogP contribution in [-0.4, -0.2) is 0 Å². The average Bonchev–Trinajstić information content (AvgIpc) is 3.16. The molecule has 0 aromatic heterocycles. The van der Waals surface area contributed by atoms with Crippen LogP contribution in [0.15, 0.2) is 194 Å². The summed E-state index contributed by atoms with van der Waals surface area (Å²) in [5.41, 5.74) is 14.1. The molecule has 7 aromatic rings. The van der Waals surface area contributed by atoms with Crippen molar-refractivity contribution in [2.24, 2.45) is 0 Å². The third-order valence-electron chi connectivity index (χ3n) is 8.62. The Morgan fingerprint density at radius 1 is 0.354 bits per heavy atom. The molecule has 0 saturated heterocycles. The van der Waals surface area contributed by atoms with Gasteiger partial charge in [-0.2, -0.15) is 0 Å². The lowest BCUT2D eigenvalue weighted by atomic mass is 9.95. The summed E-state index contributed by atoms with van der Waals surface area (Å²) in [6, 6.07) is 68.8. The molecule has 0 aliphatic heterocycles. The molecule has 7 rings (SSSR count). The molecule has 0 amide bonds. The molecule has 0 unspecified atom stereocenters. The van der Waals surface area contributed by atoms with Gasteiger partial charge < -0.3 is 4.90 Å². The van der Waals surface area contributed by atoms with E-state index in [9.17, 15) is 0 Å². The van der Waals surface area contributed by atoms with Gasteiger partial charge in [-0.1, -0.05) is 164 Å². The van der Waals surface area contributed by atoms with Crippen LogP contribution in [0.25, 0.3) is 23.3 Å². The molecule has 230 valence electrons. The summed E-state index contributed by atoms with van der Waals surface area (Å²) in [5, 5.41) is 0. The summed E-state index contributed by atoms with van der Waals surface area (Å²) in [7, 11) is 0. The molecular weight excluding hydrogens is 579 g/mol. The predicted molar refractivity (Wildman–Crippen MR) is 206 cm³/mol. The average molecular weight is 616 g/mol. The van der Waals surface area contributed by atoms with Crippen LogP contribution in [0.5, 0.6) is 0 Å². The first-order chi connectivity index (χ1) is 23.7. The molecule has 0 N–H and O–H groups in total. The van der Waals surface area contributed by atoms with Gasteiger partial charge in [-0.15, -0.1) is 0 Å². The number of benzene rings is 7. The lowest BCUT2D eigenvalue weighted by Crippen LogP contribution is -2.11. The monoisotopic (exact) mass is 615 g/mol. The Hall–Kier alpha value is -6.18. The Bertz CT molecular complexity index is 1910. The van der Waals surface area contributed by atoms with E-state index in [2.05, 4.69) is 218 Å². The highest BCUT2D eigenvalue weighted by molar-refractivity contribution is 5.93. The Labute approximate surface area is 284 Å². The highest BCUT2D eigenvalue weighted by Crippen LogP contribution is 2.37. The van der Waals surface area contributed by atoms with Crippen LogP contribution in [0.1, 0.15) is 38.9 Å². The van der Waals surface area contributed by atoms with E-state index in [0.717, 1.165) is 28.2 Å². The highest BCUT2D eigenvalue weighted by Gasteiger charge is 2.15. The van der Waals surface area contributed by atoms with E-state index in [1.54, 1.807) is 0 Å². The molecule has 0 aliphatic rings. The fourth-order valence-electron chi connectivity index (χ4n) is 6.15. The van der Waals surface area contributed by atoms with Gasteiger partial charge in [0.2, 0.25) is 0 Å². The summed E-state index contributed by atoms with van der Waals surface area (Å²) in [6.45, 7) is 2.18. The van der Waals surface area contributed by atoms with E-state index in [1.807, 2.05) is 0 Å². The third kappa shape index (κ3) is 6.97. The number of nitrogens with zero attached hydrogens (tertiary/aromatic N) is 1. The van der Waals surface area contributed by atoms with Crippen LogP contribution >= 0.6 is 0 Å². The van der Waals surface area contributed by atoms with Gasteiger partial charge in [0, 0.05) is 17.1 Å². The minimum Gasteiger partial charge on any atom is -0.310 e. The fourth-order valence-corrected chi connectivity index (χ4v) is 6.15. The van der Waals surface area contributed by atoms with Gasteiger partial charge in [-0.05, 0) is 99.5 Å². The van der Waals surface area contributed by atoms with E-state index < -0.39 is 0 Å². The number of aryl methyl sites for hydroxylation is 1. The smallest absolute Gasteiger partial charge is 0.0490 e. The van der Waals surface area contributed by atoms with Crippen LogP contribution in [0.2, 0.25) is 0 Å². The minimum atomic E-state index is 1.11. The SMILES string of the molecule is Cc1ccccc1N(c1ccc(C=C(c2ccccc2)c2ccccc2)cc1)c1ccc(C=C(c2ccccc2)c2ccccc2)cc1. The van der Waals surface area contributed by atoms with Crippen molar-refractivity contribution in [3.05, 3.63) is 233 Å². The quantitative estimate of drug-likeness (QED) is 0.146. The zero-order chi connectivity index (χ0) is 32.5. The Balaban J connectivity index is 1.25. The topological polar surface area (TPSA) is 3.24 Å². The number of hydrogen-bond acceptors (Lipinski definition) is 1. The van der Waals surface area contributed by atoms with Crippen LogP contribution < -0.4 is 4.90 Å². The van der Waals surface area contributed by atoms with Crippen LogP contribution in [0.4, 0.5) is 17.1 Å². The molecule has 0 aliphatic carbocycles. The van der Waals surface area contributed by atoms with E-state index in [1.165, 1.54) is 39.0 Å².